The van der Waals surface area contributed by atoms with Gasteiger partial charge in [0.1, 0.15) is 12.0 Å². The van der Waals surface area contributed by atoms with Gasteiger partial charge in [-0.25, -0.2) is 13.1 Å². The molecule has 0 N–H and O–H groups in total. The second-order valence-electron chi connectivity index (χ2n) is 4.72. The topological polar surface area (TPSA) is 90.9 Å². The molecule has 2 heterocycles. The zero-order valence-corrected chi connectivity index (χ0v) is 12.5. The Morgan fingerprint density at radius 1 is 1.12 bits per heavy atom. The van der Waals surface area contributed by atoms with E-state index in [0.717, 1.165) is 7.05 Å². The Morgan fingerprint density at radius 3 is 2.29 bits per heavy atom. The zero-order valence-electron chi connectivity index (χ0n) is 11.7. The Labute approximate surface area is 130 Å². The van der Waals surface area contributed by atoms with Crippen LogP contribution in [0.4, 0.5) is 26.3 Å². The molecule has 0 aromatic carbocycles. The molecule has 0 spiro atoms. The van der Waals surface area contributed by atoms with Gasteiger partial charge in [-0.1, -0.05) is 10.4 Å². The van der Waals surface area contributed by atoms with Crippen LogP contribution in [0.25, 0.3) is 0 Å². The van der Waals surface area contributed by atoms with Crippen molar-refractivity contribution in [2.75, 3.05) is 0 Å². The van der Waals surface area contributed by atoms with Crippen molar-refractivity contribution in [3.05, 3.63) is 28.9 Å². The molecule has 0 amide bonds. The van der Waals surface area contributed by atoms with E-state index in [4.69, 9.17) is 0 Å². The molecule has 0 unspecified atom stereocenters. The number of sulfone groups is 1. The van der Waals surface area contributed by atoms with Gasteiger partial charge in [0, 0.05) is 12.6 Å². The summed E-state index contributed by atoms with van der Waals surface area (Å²) < 4.78 is 105. The van der Waals surface area contributed by atoms with Gasteiger partial charge in [-0.2, -0.15) is 26.3 Å². The van der Waals surface area contributed by atoms with Crippen molar-refractivity contribution in [3.8, 4) is 0 Å². The summed E-state index contributed by atoms with van der Waals surface area (Å²) in [6, 6.07) is 0. The number of alkyl halides is 6. The number of hydrogen-bond donors (Lipinski definition) is 0. The van der Waals surface area contributed by atoms with E-state index in [9.17, 15) is 34.8 Å². The Bertz CT molecular complexity index is 836. The summed E-state index contributed by atoms with van der Waals surface area (Å²) in [7, 11) is -3.52. The summed E-state index contributed by atoms with van der Waals surface area (Å²) in [5.74, 6) is -2.45. The summed E-state index contributed by atoms with van der Waals surface area (Å²) >= 11 is 0. The lowest BCUT2D eigenvalue weighted by Crippen LogP contribution is -2.18. The molecule has 7 nitrogen and oxygen atoms in total. The van der Waals surface area contributed by atoms with E-state index < -0.39 is 56.3 Å². The molecule has 2 rings (SSSR count). The minimum absolute atomic E-state index is 0.339. The fourth-order valence-corrected chi connectivity index (χ4v) is 3.33. The molecule has 14 heteroatoms. The van der Waals surface area contributed by atoms with Gasteiger partial charge in [0.25, 0.3) is 0 Å². The number of halogens is 6. The first-order chi connectivity index (χ1) is 10.8. The molecular formula is C10H8F6N4O3S. The van der Waals surface area contributed by atoms with Crippen molar-refractivity contribution < 1.29 is 39.3 Å². The fourth-order valence-electron chi connectivity index (χ4n) is 1.93. The molecular weight excluding hydrogens is 370 g/mol. The average molecular weight is 378 g/mol. The molecule has 24 heavy (non-hydrogen) atoms. The van der Waals surface area contributed by atoms with Crippen LogP contribution in [0.3, 0.4) is 0 Å². The highest BCUT2D eigenvalue weighted by Crippen LogP contribution is 2.33. The van der Waals surface area contributed by atoms with Crippen LogP contribution >= 0.6 is 0 Å². The van der Waals surface area contributed by atoms with E-state index in [1.165, 1.54) is 0 Å². The van der Waals surface area contributed by atoms with E-state index in [0.29, 0.717) is 10.9 Å². The van der Waals surface area contributed by atoms with Crippen LogP contribution in [-0.2, 0) is 40.7 Å². The molecule has 0 aliphatic rings. The highest BCUT2D eigenvalue weighted by atomic mass is 32.2. The molecule has 134 valence electrons. The molecule has 2 aromatic heterocycles. The minimum atomic E-state index is -4.96. The maximum atomic E-state index is 12.8. The van der Waals surface area contributed by atoms with Crippen LogP contribution in [0.5, 0.6) is 0 Å². The maximum absolute atomic E-state index is 12.8. The van der Waals surface area contributed by atoms with Gasteiger partial charge in [0.15, 0.2) is 21.2 Å². The van der Waals surface area contributed by atoms with Crippen LogP contribution in [0.1, 0.15) is 22.6 Å². The zero-order chi connectivity index (χ0) is 18.3. The van der Waals surface area contributed by atoms with Gasteiger partial charge in [-0.15, -0.1) is 5.10 Å². The molecule has 0 bridgehead atoms. The maximum Gasteiger partial charge on any atom is 0.437 e. The second kappa shape index (κ2) is 5.75. The summed E-state index contributed by atoms with van der Waals surface area (Å²) in [6.45, 7) is 0. The lowest BCUT2D eigenvalue weighted by molar-refractivity contribution is -0.144. The molecule has 2 aromatic rings. The Hall–Kier alpha value is -2.12. The minimum Gasteiger partial charge on any atom is -0.364 e. The number of aromatic nitrogens is 4. The van der Waals surface area contributed by atoms with Gasteiger partial charge in [-0.05, 0) is 0 Å². The lowest BCUT2D eigenvalue weighted by atomic mass is 10.3. The van der Waals surface area contributed by atoms with E-state index in [1.807, 2.05) is 0 Å². The van der Waals surface area contributed by atoms with Crippen molar-refractivity contribution in [3.63, 3.8) is 0 Å². The first-order valence-corrected chi connectivity index (χ1v) is 7.80. The largest absolute Gasteiger partial charge is 0.437 e. The predicted molar refractivity (Wildman–Crippen MR) is 63.8 cm³/mol. The number of hydrogen-bond acceptors (Lipinski definition) is 6. The predicted octanol–water partition coefficient (Wildman–Crippen LogP) is 1.96. The normalized spacial score (nSPS) is 13.5. The smallest absolute Gasteiger partial charge is 0.364 e. The molecule has 0 aliphatic carbocycles. The highest BCUT2D eigenvalue weighted by Gasteiger charge is 2.41. The third-order valence-corrected chi connectivity index (χ3v) is 4.27. The van der Waals surface area contributed by atoms with E-state index in [-0.39, 0.29) is 0 Å². The van der Waals surface area contributed by atoms with Crippen LogP contribution < -0.4 is 0 Å². The highest BCUT2D eigenvalue weighted by molar-refractivity contribution is 7.89. The van der Waals surface area contributed by atoms with Crippen molar-refractivity contribution in [2.24, 2.45) is 7.05 Å². The number of aryl methyl sites for hydroxylation is 1. The molecule has 0 fully saturated rings. The third kappa shape index (κ3) is 3.85. The van der Waals surface area contributed by atoms with E-state index >= 15 is 0 Å². The summed E-state index contributed by atoms with van der Waals surface area (Å²) in [5, 5.41) is 8.88. The Kier molecular flexibility index (Phi) is 4.37. The third-order valence-electron chi connectivity index (χ3n) is 2.81. The average Bonchev–Trinajstić information content (AvgIpc) is 2.93. The monoisotopic (exact) mass is 378 g/mol. The number of nitrogens with zero attached hydrogens (tertiary/aromatic N) is 4. The van der Waals surface area contributed by atoms with Gasteiger partial charge < -0.3 is 4.52 Å². The van der Waals surface area contributed by atoms with Crippen molar-refractivity contribution in [2.45, 2.75) is 23.9 Å². The Balaban J connectivity index is 2.30. The summed E-state index contributed by atoms with van der Waals surface area (Å²) in [4.78, 5) is 0. The SMILES string of the molecule is Cn1nnc(CS(=O)(=O)Cc2conc2C(F)(F)F)c1C(F)(F)F. The standard InChI is InChI=1S/C10H8F6N4O3S/c1-20-8(10(14,15)16)6(17-19-20)4-24(21,22)3-5-2-23-18-7(5)9(11,12)13/h2H,3-4H2,1H3. The Morgan fingerprint density at radius 2 is 1.75 bits per heavy atom. The lowest BCUT2D eigenvalue weighted by Gasteiger charge is -2.09. The molecule has 0 aliphatic heterocycles. The van der Waals surface area contributed by atoms with Crippen molar-refractivity contribution in [1.82, 2.24) is 20.2 Å². The van der Waals surface area contributed by atoms with Crippen LogP contribution in [0.2, 0.25) is 0 Å². The molecule has 0 radical (unpaired) electrons. The van der Waals surface area contributed by atoms with E-state index in [1.54, 1.807) is 0 Å². The molecule has 0 saturated heterocycles. The quantitative estimate of drug-likeness (QED) is 0.756. The summed E-state index contributed by atoms with van der Waals surface area (Å²) in [6.07, 6.45) is -9.40. The first-order valence-electron chi connectivity index (χ1n) is 5.98. The number of rotatable bonds is 4. The second-order valence-corrected chi connectivity index (χ2v) is 6.79. The van der Waals surface area contributed by atoms with Crippen LogP contribution in [-0.4, -0.2) is 28.6 Å². The van der Waals surface area contributed by atoms with Gasteiger partial charge in [-0.3, -0.25) is 0 Å². The van der Waals surface area contributed by atoms with E-state index in [2.05, 4.69) is 20.0 Å². The van der Waals surface area contributed by atoms with Gasteiger partial charge in [0.2, 0.25) is 0 Å². The van der Waals surface area contributed by atoms with Gasteiger partial charge in [0.05, 0.1) is 11.5 Å². The van der Waals surface area contributed by atoms with Crippen LogP contribution in [0, 0.1) is 0 Å². The fraction of sp³-hybridized carbons (Fsp3) is 0.500. The van der Waals surface area contributed by atoms with Gasteiger partial charge >= 0.3 is 12.4 Å². The first kappa shape index (κ1) is 18.2. The molecule has 0 atom stereocenters. The van der Waals surface area contributed by atoms with Crippen LogP contribution in [0.15, 0.2) is 10.8 Å². The summed E-state index contributed by atoms with van der Waals surface area (Å²) in [5.41, 5.74) is -4.66. The molecule has 0 saturated carbocycles. The van der Waals surface area contributed by atoms with Crippen molar-refractivity contribution in [1.29, 1.82) is 0 Å². The van der Waals surface area contributed by atoms with Crippen molar-refractivity contribution >= 4 is 9.84 Å².